The molecule has 0 N–H and O–H groups in total. The number of fused-ring (bicyclic) bond motifs is 3. The zero-order chi connectivity index (χ0) is 27.4. The highest BCUT2D eigenvalue weighted by molar-refractivity contribution is 5.93. The maximum Gasteiger partial charge on any atom is 0.310 e. The highest BCUT2D eigenvalue weighted by Gasteiger charge is 2.67. The number of hydrogen-bond acceptors (Lipinski definition) is 8. The van der Waals surface area contributed by atoms with Gasteiger partial charge in [0, 0.05) is 30.4 Å². The zero-order valence-electron chi connectivity index (χ0n) is 21.8. The molecule has 3 fully saturated rings. The van der Waals surface area contributed by atoms with E-state index in [1.807, 2.05) is 13.8 Å². The average Bonchev–Trinajstić information content (AvgIpc) is 3.34. The first-order chi connectivity index (χ1) is 18.0. The van der Waals surface area contributed by atoms with Crippen molar-refractivity contribution in [2.45, 2.75) is 58.7 Å². The summed E-state index contributed by atoms with van der Waals surface area (Å²) in [4.78, 5) is 52.3. The Kier molecular flexibility index (Phi) is 6.44. The molecule has 1 aromatic heterocycles. The van der Waals surface area contributed by atoms with Crippen molar-refractivity contribution in [2.24, 2.45) is 28.6 Å². The molecule has 0 radical (unpaired) electrons. The van der Waals surface area contributed by atoms with Crippen LogP contribution in [0.25, 0.3) is 11.3 Å². The van der Waals surface area contributed by atoms with E-state index in [4.69, 9.17) is 18.6 Å². The number of carbonyl (C=O) groups is 4. The molecule has 1 aromatic carbocycles. The normalized spacial score (nSPS) is 34.5. The average molecular weight is 527 g/mol. The lowest BCUT2D eigenvalue weighted by atomic mass is 9.43. The molecule has 0 spiro atoms. The second kappa shape index (κ2) is 9.36. The van der Waals surface area contributed by atoms with Crippen molar-refractivity contribution in [3.63, 3.8) is 0 Å². The van der Waals surface area contributed by atoms with Gasteiger partial charge < -0.3 is 18.6 Å². The Morgan fingerprint density at radius 3 is 2.58 bits per heavy atom. The molecular formula is C29H31FO8. The lowest BCUT2D eigenvalue weighted by Crippen LogP contribution is -2.64. The van der Waals surface area contributed by atoms with Crippen LogP contribution in [0.2, 0.25) is 0 Å². The fourth-order valence-electron chi connectivity index (χ4n) is 7.43. The first-order valence-electron chi connectivity index (χ1n) is 12.8. The Hall–Kier alpha value is -3.49. The maximum atomic E-state index is 14.0. The molecule has 2 saturated carbocycles. The van der Waals surface area contributed by atoms with Gasteiger partial charge in [-0.25, -0.2) is 4.39 Å². The van der Waals surface area contributed by atoms with Crippen molar-refractivity contribution in [1.29, 1.82) is 0 Å². The monoisotopic (exact) mass is 526 g/mol. The molecule has 7 atom stereocenters. The number of furan rings is 1. The predicted octanol–water partition coefficient (Wildman–Crippen LogP) is 4.81. The number of carbonyl (C=O) groups excluding carboxylic acids is 4. The van der Waals surface area contributed by atoms with Crippen LogP contribution in [0.1, 0.15) is 58.1 Å². The first kappa shape index (κ1) is 26.1. The number of ether oxygens (including phenoxy) is 3. The van der Waals surface area contributed by atoms with E-state index in [0.717, 1.165) is 0 Å². The standard InChI is InChI=1S/C29H31FO8/c1-15(31)37-21-13-20(26(33)35-4)28(2)10-8-19-27(34)38-22(14-29(19,3)25(28)23(21)32)18-9-11-36-24(18)16-6-5-7-17(30)12-16/h5-7,9,11-12,19-22,25H,8,10,13-14H2,1-4H3/t19-,20-,21-,22-,25-,28-,29-/m0/s1. The Morgan fingerprint density at radius 2 is 1.89 bits per heavy atom. The molecule has 2 aliphatic carbocycles. The molecule has 0 bridgehead atoms. The molecule has 9 heteroatoms. The molecule has 38 heavy (non-hydrogen) atoms. The van der Waals surface area contributed by atoms with E-state index in [2.05, 4.69) is 0 Å². The minimum absolute atomic E-state index is 0.0398. The zero-order valence-corrected chi connectivity index (χ0v) is 21.8. The second-order valence-electron chi connectivity index (χ2n) is 11.2. The van der Waals surface area contributed by atoms with Crippen LogP contribution in [0.3, 0.4) is 0 Å². The van der Waals surface area contributed by atoms with E-state index in [9.17, 15) is 23.6 Å². The number of hydrogen-bond donors (Lipinski definition) is 0. The summed E-state index contributed by atoms with van der Waals surface area (Å²) < 4.78 is 36.1. The summed E-state index contributed by atoms with van der Waals surface area (Å²) in [5.74, 6) is -3.91. The van der Waals surface area contributed by atoms with Crippen molar-refractivity contribution in [3.8, 4) is 11.3 Å². The molecular weight excluding hydrogens is 495 g/mol. The summed E-state index contributed by atoms with van der Waals surface area (Å²) in [6.07, 6.45) is 0.779. The number of esters is 3. The van der Waals surface area contributed by atoms with E-state index in [-0.39, 0.29) is 18.6 Å². The summed E-state index contributed by atoms with van der Waals surface area (Å²) in [5, 5.41) is 0. The molecule has 1 aliphatic heterocycles. The SMILES string of the molecule is COC(=O)[C@@H]1C[C@H](OC(C)=O)C(=O)[C@H]2[C@@]1(C)CC[C@H]1C(=O)O[C@H](c3ccoc3-c3cccc(F)c3)C[C@]21C. The Balaban J connectivity index is 1.58. The molecule has 2 aromatic rings. The predicted molar refractivity (Wildman–Crippen MR) is 131 cm³/mol. The van der Waals surface area contributed by atoms with Crippen LogP contribution in [0, 0.1) is 34.4 Å². The molecule has 2 heterocycles. The lowest BCUT2D eigenvalue weighted by molar-refractivity contribution is -0.210. The summed E-state index contributed by atoms with van der Waals surface area (Å²) >= 11 is 0. The minimum Gasteiger partial charge on any atom is -0.469 e. The molecule has 0 amide bonds. The van der Waals surface area contributed by atoms with Crippen LogP contribution in [0.15, 0.2) is 41.0 Å². The van der Waals surface area contributed by atoms with Crippen LogP contribution in [-0.2, 0) is 33.4 Å². The van der Waals surface area contributed by atoms with E-state index in [0.29, 0.717) is 29.7 Å². The van der Waals surface area contributed by atoms with Gasteiger partial charge in [-0.3, -0.25) is 19.2 Å². The van der Waals surface area contributed by atoms with Crippen LogP contribution < -0.4 is 0 Å². The number of benzene rings is 1. The molecule has 5 rings (SSSR count). The number of cyclic esters (lactones) is 1. The number of halogens is 1. The van der Waals surface area contributed by atoms with E-state index >= 15 is 0 Å². The highest BCUT2D eigenvalue weighted by Crippen LogP contribution is 2.65. The van der Waals surface area contributed by atoms with Gasteiger partial charge in [-0.05, 0) is 48.3 Å². The minimum atomic E-state index is -1.11. The van der Waals surface area contributed by atoms with Crippen molar-refractivity contribution in [1.82, 2.24) is 0 Å². The maximum absolute atomic E-state index is 14.0. The third-order valence-electron chi connectivity index (χ3n) is 9.03. The molecule has 3 aliphatic rings. The molecule has 8 nitrogen and oxygen atoms in total. The van der Waals surface area contributed by atoms with Gasteiger partial charge in [0.1, 0.15) is 17.7 Å². The summed E-state index contributed by atoms with van der Waals surface area (Å²) in [5.41, 5.74) is -0.654. The van der Waals surface area contributed by atoms with Crippen molar-refractivity contribution in [2.75, 3.05) is 7.11 Å². The van der Waals surface area contributed by atoms with Gasteiger partial charge in [0.2, 0.25) is 0 Å². The van der Waals surface area contributed by atoms with Gasteiger partial charge in [0.05, 0.1) is 25.2 Å². The Labute approximate surface area is 219 Å². The Morgan fingerprint density at radius 1 is 1.13 bits per heavy atom. The van der Waals surface area contributed by atoms with Crippen LogP contribution >= 0.6 is 0 Å². The molecule has 1 saturated heterocycles. The Bertz CT molecular complexity index is 1300. The van der Waals surface area contributed by atoms with Gasteiger partial charge in [-0.2, -0.15) is 0 Å². The fraction of sp³-hybridized carbons (Fsp3) is 0.517. The van der Waals surface area contributed by atoms with Crippen LogP contribution in [0.4, 0.5) is 4.39 Å². The highest BCUT2D eigenvalue weighted by atomic mass is 19.1. The number of ketones is 1. The van der Waals surface area contributed by atoms with Gasteiger partial charge in [-0.15, -0.1) is 0 Å². The third kappa shape index (κ3) is 4.03. The largest absolute Gasteiger partial charge is 0.469 e. The van der Waals surface area contributed by atoms with Gasteiger partial charge >= 0.3 is 17.9 Å². The van der Waals surface area contributed by atoms with Gasteiger partial charge in [0.15, 0.2) is 11.9 Å². The van der Waals surface area contributed by atoms with Crippen LogP contribution in [0.5, 0.6) is 0 Å². The summed E-state index contributed by atoms with van der Waals surface area (Å²) in [7, 11) is 1.30. The third-order valence-corrected chi connectivity index (χ3v) is 9.03. The number of methoxy groups -OCH3 is 1. The quantitative estimate of drug-likeness (QED) is 0.413. The molecule has 0 unspecified atom stereocenters. The van der Waals surface area contributed by atoms with E-state index < -0.39 is 64.5 Å². The summed E-state index contributed by atoms with van der Waals surface area (Å²) in [6, 6.07) is 7.62. The van der Waals surface area contributed by atoms with Gasteiger partial charge in [-0.1, -0.05) is 26.0 Å². The second-order valence-corrected chi connectivity index (χ2v) is 11.2. The topological polar surface area (TPSA) is 109 Å². The number of rotatable bonds is 4. The smallest absolute Gasteiger partial charge is 0.310 e. The van der Waals surface area contributed by atoms with Crippen molar-refractivity contribution < 1.29 is 42.2 Å². The van der Waals surface area contributed by atoms with Crippen molar-refractivity contribution >= 4 is 23.7 Å². The molecule has 202 valence electrons. The number of Topliss-reactive ketones (excluding diaryl/α,β-unsaturated/α-hetero) is 1. The first-order valence-corrected chi connectivity index (χ1v) is 12.8. The lowest BCUT2D eigenvalue weighted by Gasteiger charge is -2.61. The van der Waals surface area contributed by atoms with E-state index in [1.54, 1.807) is 18.2 Å². The van der Waals surface area contributed by atoms with Gasteiger partial charge in [0.25, 0.3) is 0 Å². The summed E-state index contributed by atoms with van der Waals surface area (Å²) in [6.45, 7) is 5.01. The van der Waals surface area contributed by atoms with Crippen LogP contribution in [-0.4, -0.2) is 36.9 Å². The van der Waals surface area contributed by atoms with E-state index in [1.165, 1.54) is 32.4 Å². The fourth-order valence-corrected chi connectivity index (χ4v) is 7.43. The van der Waals surface area contributed by atoms with Crippen molar-refractivity contribution in [3.05, 3.63) is 48.0 Å².